The minimum Gasteiger partial charge on any atom is -0.494 e. The van der Waals surface area contributed by atoms with Crippen molar-refractivity contribution in [2.75, 3.05) is 11.9 Å². The number of rotatable bonds is 8. The van der Waals surface area contributed by atoms with Crippen LogP contribution < -0.4 is 14.8 Å². The van der Waals surface area contributed by atoms with E-state index in [1.54, 1.807) is 12.1 Å². The number of benzene rings is 3. The van der Waals surface area contributed by atoms with Crippen molar-refractivity contribution in [2.45, 2.75) is 20.1 Å². The van der Waals surface area contributed by atoms with Gasteiger partial charge in [-0.25, -0.2) is 4.39 Å². The normalized spacial score (nSPS) is 10.5. The van der Waals surface area contributed by atoms with Gasteiger partial charge in [0.1, 0.15) is 23.9 Å². The van der Waals surface area contributed by atoms with Crippen LogP contribution in [0.3, 0.4) is 0 Å². The van der Waals surface area contributed by atoms with E-state index in [1.165, 1.54) is 12.1 Å². The molecule has 3 aromatic carbocycles. The molecule has 0 atom stereocenters. The van der Waals surface area contributed by atoms with Crippen LogP contribution in [0.5, 0.6) is 11.5 Å². The van der Waals surface area contributed by atoms with Crippen molar-refractivity contribution in [1.82, 2.24) is 0 Å². The van der Waals surface area contributed by atoms with E-state index in [0.717, 1.165) is 32.8 Å². The third-order valence-electron chi connectivity index (χ3n) is 3.98. The molecule has 0 radical (unpaired) electrons. The lowest BCUT2D eigenvalue weighted by atomic mass is 10.2. The summed E-state index contributed by atoms with van der Waals surface area (Å²) >= 11 is 3.51. The molecule has 140 valence electrons. The highest BCUT2D eigenvalue weighted by Crippen LogP contribution is 2.26. The monoisotopic (exact) mass is 429 g/mol. The fourth-order valence-corrected chi connectivity index (χ4v) is 3.01. The molecule has 0 unspecified atom stereocenters. The first-order valence-corrected chi connectivity index (χ1v) is 9.56. The maximum atomic E-state index is 13.0. The van der Waals surface area contributed by atoms with Crippen molar-refractivity contribution in [3.05, 3.63) is 88.1 Å². The molecule has 5 heteroatoms. The second kappa shape index (κ2) is 9.42. The fourth-order valence-electron chi connectivity index (χ4n) is 2.60. The lowest BCUT2D eigenvalue weighted by Crippen LogP contribution is -2.04. The van der Waals surface area contributed by atoms with Crippen molar-refractivity contribution in [3.8, 4) is 11.5 Å². The zero-order chi connectivity index (χ0) is 19.1. The van der Waals surface area contributed by atoms with Crippen molar-refractivity contribution >= 4 is 21.6 Å². The first kappa shape index (κ1) is 19.2. The Morgan fingerprint density at radius 1 is 0.926 bits per heavy atom. The predicted molar refractivity (Wildman–Crippen MR) is 110 cm³/mol. The highest BCUT2D eigenvalue weighted by Gasteiger charge is 2.06. The number of nitrogens with one attached hydrogen (secondary N) is 1. The molecule has 0 bridgehead atoms. The number of hydrogen-bond acceptors (Lipinski definition) is 3. The summed E-state index contributed by atoms with van der Waals surface area (Å²) in [5, 5.41) is 3.40. The SMILES string of the molecule is CCOc1ccc(NCc2cc(Br)ccc2OCc2ccc(F)cc2)cc1. The third kappa shape index (κ3) is 5.73. The lowest BCUT2D eigenvalue weighted by Gasteiger charge is -2.14. The molecule has 0 aromatic heterocycles. The average Bonchev–Trinajstić information content (AvgIpc) is 2.68. The molecular weight excluding hydrogens is 409 g/mol. The van der Waals surface area contributed by atoms with Crippen LogP contribution in [0.25, 0.3) is 0 Å². The van der Waals surface area contributed by atoms with Crippen LogP contribution in [-0.4, -0.2) is 6.61 Å². The molecule has 0 spiro atoms. The summed E-state index contributed by atoms with van der Waals surface area (Å²) in [6, 6.07) is 20.1. The van der Waals surface area contributed by atoms with E-state index >= 15 is 0 Å². The van der Waals surface area contributed by atoms with E-state index in [9.17, 15) is 4.39 Å². The molecule has 1 N–H and O–H groups in total. The molecule has 3 aromatic rings. The van der Waals surface area contributed by atoms with Crippen molar-refractivity contribution < 1.29 is 13.9 Å². The second-order valence-corrected chi connectivity index (χ2v) is 6.89. The lowest BCUT2D eigenvalue weighted by molar-refractivity contribution is 0.303. The van der Waals surface area contributed by atoms with Crippen molar-refractivity contribution in [1.29, 1.82) is 0 Å². The minimum atomic E-state index is -0.248. The molecule has 0 fully saturated rings. The van der Waals surface area contributed by atoms with E-state index in [2.05, 4.69) is 21.2 Å². The van der Waals surface area contributed by atoms with Gasteiger partial charge in [0, 0.05) is 22.3 Å². The number of anilines is 1. The summed E-state index contributed by atoms with van der Waals surface area (Å²) in [5.74, 6) is 1.40. The second-order valence-electron chi connectivity index (χ2n) is 5.98. The van der Waals surface area contributed by atoms with Gasteiger partial charge in [-0.3, -0.25) is 0 Å². The topological polar surface area (TPSA) is 30.5 Å². The van der Waals surface area contributed by atoms with Gasteiger partial charge in [0.05, 0.1) is 6.61 Å². The standard InChI is InChI=1S/C22H21BrFNO2/c1-2-26-21-10-8-20(9-11-21)25-14-17-13-18(23)5-12-22(17)27-15-16-3-6-19(24)7-4-16/h3-13,25H,2,14-15H2,1H3. The molecule has 27 heavy (non-hydrogen) atoms. The van der Waals surface area contributed by atoms with E-state index in [4.69, 9.17) is 9.47 Å². The third-order valence-corrected chi connectivity index (χ3v) is 4.47. The molecule has 0 aliphatic heterocycles. The molecule has 0 saturated carbocycles. The maximum Gasteiger partial charge on any atom is 0.124 e. The Labute approximate surface area is 167 Å². The highest BCUT2D eigenvalue weighted by atomic mass is 79.9. The quantitative estimate of drug-likeness (QED) is 0.463. The molecule has 0 amide bonds. The van der Waals surface area contributed by atoms with Crippen molar-refractivity contribution in [3.63, 3.8) is 0 Å². The number of ether oxygens (including phenoxy) is 2. The summed E-state index contributed by atoms with van der Waals surface area (Å²) in [6.07, 6.45) is 0. The van der Waals surface area contributed by atoms with Gasteiger partial charge in [-0.2, -0.15) is 0 Å². The van der Waals surface area contributed by atoms with Crippen LogP contribution in [-0.2, 0) is 13.2 Å². The Morgan fingerprint density at radius 2 is 1.67 bits per heavy atom. The van der Waals surface area contributed by atoms with Crippen LogP contribution >= 0.6 is 15.9 Å². The smallest absolute Gasteiger partial charge is 0.124 e. The fraction of sp³-hybridized carbons (Fsp3) is 0.182. The Morgan fingerprint density at radius 3 is 2.37 bits per heavy atom. The summed E-state index contributed by atoms with van der Waals surface area (Å²) in [5.41, 5.74) is 2.95. The van der Waals surface area contributed by atoms with Gasteiger partial charge in [0.2, 0.25) is 0 Å². The Hall–Kier alpha value is -2.53. The summed E-state index contributed by atoms with van der Waals surface area (Å²) < 4.78 is 25.4. The van der Waals surface area contributed by atoms with Crippen LogP contribution in [0.15, 0.2) is 71.2 Å². The Bertz CT molecular complexity index is 866. The van der Waals surface area contributed by atoms with Crippen LogP contribution in [0.2, 0.25) is 0 Å². The molecule has 3 nitrogen and oxygen atoms in total. The molecule has 0 saturated heterocycles. The average molecular weight is 430 g/mol. The first-order chi connectivity index (χ1) is 13.1. The van der Waals surface area contributed by atoms with Gasteiger partial charge in [-0.1, -0.05) is 28.1 Å². The van der Waals surface area contributed by atoms with Crippen LogP contribution in [0, 0.1) is 5.82 Å². The molecule has 0 aliphatic rings. The van der Waals surface area contributed by atoms with E-state index in [-0.39, 0.29) is 5.82 Å². The molecular formula is C22H21BrFNO2. The molecule has 0 heterocycles. The van der Waals surface area contributed by atoms with E-state index < -0.39 is 0 Å². The Balaban J connectivity index is 1.65. The first-order valence-electron chi connectivity index (χ1n) is 8.76. The van der Waals surface area contributed by atoms with Gasteiger partial charge in [-0.15, -0.1) is 0 Å². The van der Waals surface area contributed by atoms with Gasteiger partial charge < -0.3 is 14.8 Å². The van der Waals surface area contributed by atoms with Gasteiger partial charge in [0.15, 0.2) is 0 Å². The maximum absolute atomic E-state index is 13.0. The largest absolute Gasteiger partial charge is 0.494 e. The number of hydrogen-bond donors (Lipinski definition) is 1. The molecule has 0 aliphatic carbocycles. The zero-order valence-electron chi connectivity index (χ0n) is 15.0. The summed E-state index contributed by atoms with van der Waals surface area (Å²) in [7, 11) is 0. The van der Waals surface area contributed by atoms with Crippen LogP contribution in [0.4, 0.5) is 10.1 Å². The zero-order valence-corrected chi connectivity index (χ0v) is 16.6. The summed E-state index contributed by atoms with van der Waals surface area (Å²) in [6.45, 7) is 3.62. The van der Waals surface area contributed by atoms with E-state index in [0.29, 0.717) is 19.8 Å². The predicted octanol–water partition coefficient (Wildman–Crippen LogP) is 6.18. The number of halogens is 2. The van der Waals surface area contributed by atoms with Gasteiger partial charge >= 0.3 is 0 Å². The van der Waals surface area contributed by atoms with Crippen LogP contribution in [0.1, 0.15) is 18.1 Å². The van der Waals surface area contributed by atoms with E-state index in [1.807, 2.05) is 49.4 Å². The highest BCUT2D eigenvalue weighted by molar-refractivity contribution is 9.10. The van der Waals surface area contributed by atoms with Gasteiger partial charge in [-0.05, 0) is 67.1 Å². The summed E-state index contributed by atoms with van der Waals surface area (Å²) in [4.78, 5) is 0. The molecule has 3 rings (SSSR count). The van der Waals surface area contributed by atoms with Crippen molar-refractivity contribution in [2.24, 2.45) is 0 Å². The Kier molecular flexibility index (Phi) is 6.71. The van der Waals surface area contributed by atoms with Gasteiger partial charge in [0.25, 0.3) is 0 Å². The minimum absolute atomic E-state index is 0.248.